The first-order valence-electron chi connectivity index (χ1n) is 5.69. The highest BCUT2D eigenvalue weighted by Crippen LogP contribution is 2.39. The molecule has 0 radical (unpaired) electrons. The van der Waals surface area contributed by atoms with Crippen LogP contribution in [0.4, 0.5) is 5.69 Å². The molecule has 0 spiro atoms. The van der Waals surface area contributed by atoms with Crippen molar-refractivity contribution in [2.75, 3.05) is 24.6 Å². The van der Waals surface area contributed by atoms with Crippen molar-refractivity contribution in [1.29, 1.82) is 0 Å². The van der Waals surface area contributed by atoms with Gasteiger partial charge < -0.3 is 10.4 Å². The lowest BCUT2D eigenvalue weighted by Crippen LogP contribution is -2.41. The average molecular weight is 317 g/mol. The van der Waals surface area contributed by atoms with Crippen LogP contribution in [0.25, 0.3) is 0 Å². The van der Waals surface area contributed by atoms with Crippen LogP contribution >= 0.6 is 23.2 Å². The van der Waals surface area contributed by atoms with Gasteiger partial charge in [-0.1, -0.05) is 23.2 Å². The van der Waals surface area contributed by atoms with Crippen LogP contribution in [0.5, 0.6) is 0 Å². The molecule has 0 atom stereocenters. The Morgan fingerprint density at radius 2 is 1.90 bits per heavy atom. The molecule has 0 fully saturated rings. The number of aliphatic hydroxyl groups excluding tert-OH is 1. The van der Waals surface area contributed by atoms with Crippen molar-refractivity contribution in [3.63, 3.8) is 0 Å². The Hall–Kier alpha value is -1.63. The van der Waals surface area contributed by atoms with Gasteiger partial charge in [0.15, 0.2) is 0 Å². The number of Topliss-reactive ketones (excluding diaryl/α,β-unsaturated/α-hetero) is 1. The Labute approximate surface area is 124 Å². The fourth-order valence-electron chi connectivity index (χ4n) is 1.90. The number of ketones is 1. The molecule has 2 amide bonds. The van der Waals surface area contributed by atoms with Crippen LogP contribution in [-0.4, -0.2) is 42.4 Å². The number of nitrogens with zero attached hydrogens (tertiary/aromatic N) is 1. The predicted octanol–water partition coefficient (Wildman–Crippen LogP) is 0.631. The first kappa shape index (κ1) is 14.8. The van der Waals surface area contributed by atoms with Gasteiger partial charge in [-0.2, -0.15) is 0 Å². The van der Waals surface area contributed by atoms with Gasteiger partial charge in [-0.05, 0) is 12.1 Å². The highest BCUT2D eigenvalue weighted by atomic mass is 35.5. The number of carbonyl (C=O) groups is 3. The van der Waals surface area contributed by atoms with Crippen molar-refractivity contribution in [2.45, 2.75) is 0 Å². The number of rotatable bonds is 4. The first-order chi connectivity index (χ1) is 9.47. The van der Waals surface area contributed by atoms with E-state index in [1.54, 1.807) is 0 Å². The lowest BCUT2D eigenvalue weighted by molar-refractivity contribution is -0.122. The standard InChI is InChI=1S/C12H10Cl2N2O4/c13-6-1-2-7(14)10-9(6)11(19)12(20)16(10)5-8(18)15-3-4-17/h1-2,17H,3-5H2,(H,15,18). The third kappa shape index (κ3) is 2.49. The van der Waals surface area contributed by atoms with E-state index in [1.807, 2.05) is 0 Å². The normalized spacial score (nSPS) is 13.7. The van der Waals surface area contributed by atoms with E-state index in [-0.39, 0.29) is 41.0 Å². The zero-order valence-electron chi connectivity index (χ0n) is 10.2. The molecule has 1 aliphatic rings. The van der Waals surface area contributed by atoms with Gasteiger partial charge in [0.1, 0.15) is 6.54 Å². The molecule has 1 aromatic rings. The van der Waals surface area contributed by atoms with E-state index >= 15 is 0 Å². The van der Waals surface area contributed by atoms with Gasteiger partial charge in [0, 0.05) is 6.54 Å². The van der Waals surface area contributed by atoms with Gasteiger partial charge in [-0.3, -0.25) is 19.3 Å². The minimum absolute atomic E-state index is 0.0131. The minimum atomic E-state index is -0.853. The summed E-state index contributed by atoms with van der Waals surface area (Å²) >= 11 is 11.9. The molecule has 0 unspecified atom stereocenters. The second-order valence-corrected chi connectivity index (χ2v) is 4.86. The van der Waals surface area contributed by atoms with Crippen LogP contribution < -0.4 is 10.2 Å². The Morgan fingerprint density at radius 1 is 1.25 bits per heavy atom. The number of amides is 2. The van der Waals surface area contributed by atoms with Gasteiger partial charge >= 0.3 is 0 Å². The molecule has 0 bridgehead atoms. The zero-order chi connectivity index (χ0) is 14.9. The lowest BCUT2D eigenvalue weighted by atomic mass is 10.1. The SMILES string of the molecule is O=C(CN1C(=O)C(=O)c2c(Cl)ccc(Cl)c21)NCCO. The van der Waals surface area contributed by atoms with Crippen molar-refractivity contribution >= 4 is 46.5 Å². The number of halogens is 2. The fourth-order valence-corrected chi connectivity index (χ4v) is 2.40. The number of hydrogen-bond acceptors (Lipinski definition) is 4. The second kappa shape index (κ2) is 5.78. The van der Waals surface area contributed by atoms with Gasteiger partial charge in [0.25, 0.3) is 11.7 Å². The molecule has 2 rings (SSSR count). The first-order valence-corrected chi connectivity index (χ1v) is 6.44. The van der Waals surface area contributed by atoms with Crippen LogP contribution in [0.1, 0.15) is 10.4 Å². The van der Waals surface area contributed by atoms with E-state index in [9.17, 15) is 14.4 Å². The summed E-state index contributed by atoms with van der Waals surface area (Å²) in [7, 11) is 0. The van der Waals surface area contributed by atoms with Crippen molar-refractivity contribution in [3.05, 3.63) is 27.7 Å². The molecule has 1 aliphatic heterocycles. The fraction of sp³-hybridized carbons (Fsp3) is 0.250. The summed E-state index contributed by atoms with van der Waals surface area (Å²) < 4.78 is 0. The summed E-state index contributed by atoms with van der Waals surface area (Å²) in [5, 5.41) is 11.3. The van der Waals surface area contributed by atoms with E-state index in [1.165, 1.54) is 12.1 Å². The largest absolute Gasteiger partial charge is 0.395 e. The smallest absolute Gasteiger partial charge is 0.300 e. The van der Waals surface area contributed by atoms with E-state index in [4.69, 9.17) is 28.3 Å². The van der Waals surface area contributed by atoms with Gasteiger partial charge in [0.2, 0.25) is 5.91 Å². The lowest BCUT2D eigenvalue weighted by Gasteiger charge is -2.17. The van der Waals surface area contributed by atoms with Gasteiger partial charge in [-0.15, -0.1) is 0 Å². The zero-order valence-corrected chi connectivity index (χ0v) is 11.7. The van der Waals surface area contributed by atoms with Gasteiger partial charge in [0.05, 0.1) is 27.9 Å². The second-order valence-electron chi connectivity index (χ2n) is 4.05. The van der Waals surface area contributed by atoms with Crippen LogP contribution in [0.15, 0.2) is 12.1 Å². The molecular formula is C12H10Cl2N2O4. The van der Waals surface area contributed by atoms with Crippen LogP contribution in [0, 0.1) is 0 Å². The maximum atomic E-state index is 11.9. The Morgan fingerprint density at radius 3 is 2.55 bits per heavy atom. The molecule has 0 saturated heterocycles. The summed E-state index contributed by atoms with van der Waals surface area (Å²) in [4.78, 5) is 36.4. The van der Waals surface area contributed by atoms with Crippen molar-refractivity contribution < 1.29 is 19.5 Å². The predicted molar refractivity (Wildman–Crippen MR) is 73.2 cm³/mol. The number of nitrogens with one attached hydrogen (secondary N) is 1. The highest BCUT2D eigenvalue weighted by Gasteiger charge is 2.40. The Balaban J connectivity index is 2.34. The Bertz CT molecular complexity index is 603. The summed E-state index contributed by atoms with van der Waals surface area (Å²) in [5.74, 6) is -2.15. The number of aliphatic hydroxyl groups is 1. The topological polar surface area (TPSA) is 86.7 Å². The number of hydrogen-bond donors (Lipinski definition) is 2. The molecule has 0 aromatic heterocycles. The summed E-state index contributed by atoms with van der Waals surface area (Å²) in [5.41, 5.74) is 0.160. The quantitative estimate of drug-likeness (QED) is 0.798. The number of carbonyl (C=O) groups excluding carboxylic acids is 3. The molecular weight excluding hydrogens is 307 g/mol. The molecule has 8 heteroatoms. The van der Waals surface area contributed by atoms with Crippen LogP contribution in [0.2, 0.25) is 10.0 Å². The summed E-state index contributed by atoms with van der Waals surface area (Å²) in [6, 6.07) is 2.87. The number of benzene rings is 1. The van der Waals surface area contributed by atoms with Crippen molar-refractivity contribution in [3.8, 4) is 0 Å². The van der Waals surface area contributed by atoms with Crippen LogP contribution in [0.3, 0.4) is 0 Å². The molecule has 2 N–H and O–H groups in total. The summed E-state index contributed by atoms with van der Waals surface area (Å²) in [6.45, 7) is -0.523. The molecule has 0 aliphatic carbocycles. The monoisotopic (exact) mass is 316 g/mol. The molecule has 20 heavy (non-hydrogen) atoms. The maximum Gasteiger partial charge on any atom is 0.300 e. The van der Waals surface area contributed by atoms with E-state index in [2.05, 4.69) is 5.32 Å². The van der Waals surface area contributed by atoms with Crippen molar-refractivity contribution in [2.24, 2.45) is 0 Å². The van der Waals surface area contributed by atoms with E-state index in [0.29, 0.717) is 0 Å². The number of fused-ring (bicyclic) bond motifs is 1. The van der Waals surface area contributed by atoms with Crippen LogP contribution in [-0.2, 0) is 9.59 Å². The van der Waals surface area contributed by atoms with Gasteiger partial charge in [-0.25, -0.2) is 0 Å². The number of anilines is 1. The maximum absolute atomic E-state index is 11.9. The summed E-state index contributed by atoms with van der Waals surface area (Å²) in [6.07, 6.45) is 0. The molecule has 6 nitrogen and oxygen atoms in total. The third-order valence-corrected chi connectivity index (χ3v) is 3.37. The third-order valence-electron chi connectivity index (χ3n) is 2.75. The Kier molecular flexibility index (Phi) is 4.27. The molecule has 1 aromatic carbocycles. The highest BCUT2D eigenvalue weighted by molar-refractivity contribution is 6.57. The minimum Gasteiger partial charge on any atom is -0.395 e. The van der Waals surface area contributed by atoms with E-state index < -0.39 is 17.6 Å². The average Bonchev–Trinajstić information content (AvgIpc) is 2.67. The molecule has 1 heterocycles. The van der Waals surface area contributed by atoms with E-state index in [0.717, 1.165) is 4.90 Å². The molecule has 0 saturated carbocycles. The molecule has 106 valence electrons. The van der Waals surface area contributed by atoms with Crippen molar-refractivity contribution in [1.82, 2.24) is 5.32 Å².